The van der Waals surface area contributed by atoms with Crippen LogP contribution in [0.15, 0.2) is 12.1 Å². The molecular weight excluding hydrogens is 243 g/mol. The number of ether oxygens (including phenoxy) is 1. The summed E-state index contributed by atoms with van der Waals surface area (Å²) in [4.78, 5) is 0. The highest BCUT2D eigenvalue weighted by molar-refractivity contribution is 5.20. The standard InChI is InChI=1S/C13H18F3NO/c1-8(2)13(7-18-3)17-6-9-4-11(15)12(16)5-10(9)14/h4-5,8,13,17H,6-7H2,1-3H3. The minimum Gasteiger partial charge on any atom is -0.383 e. The second-order valence-electron chi connectivity index (χ2n) is 4.54. The van der Waals surface area contributed by atoms with Gasteiger partial charge in [0.1, 0.15) is 5.82 Å². The second kappa shape index (κ2) is 6.75. The van der Waals surface area contributed by atoms with E-state index < -0.39 is 17.5 Å². The van der Waals surface area contributed by atoms with E-state index in [0.29, 0.717) is 18.6 Å². The van der Waals surface area contributed by atoms with E-state index in [9.17, 15) is 13.2 Å². The van der Waals surface area contributed by atoms with E-state index in [-0.39, 0.29) is 18.2 Å². The van der Waals surface area contributed by atoms with Gasteiger partial charge in [-0.25, -0.2) is 13.2 Å². The normalized spacial score (nSPS) is 13.1. The van der Waals surface area contributed by atoms with Gasteiger partial charge in [-0.05, 0) is 12.0 Å². The molecule has 0 saturated carbocycles. The second-order valence-corrected chi connectivity index (χ2v) is 4.54. The topological polar surface area (TPSA) is 21.3 Å². The Labute approximate surface area is 105 Å². The van der Waals surface area contributed by atoms with Crippen molar-refractivity contribution in [3.8, 4) is 0 Å². The molecule has 5 heteroatoms. The number of methoxy groups -OCH3 is 1. The molecule has 0 heterocycles. The summed E-state index contributed by atoms with van der Waals surface area (Å²) < 4.78 is 44.2. The first-order chi connectivity index (χ1) is 8.45. The minimum atomic E-state index is -1.17. The number of benzene rings is 1. The summed E-state index contributed by atoms with van der Waals surface area (Å²) in [6, 6.07) is 1.47. The highest BCUT2D eigenvalue weighted by Crippen LogP contribution is 2.14. The van der Waals surface area contributed by atoms with Crippen molar-refractivity contribution in [2.24, 2.45) is 5.92 Å². The van der Waals surface area contributed by atoms with Gasteiger partial charge < -0.3 is 10.1 Å². The maximum atomic E-state index is 13.4. The van der Waals surface area contributed by atoms with Crippen LogP contribution in [-0.2, 0) is 11.3 Å². The van der Waals surface area contributed by atoms with Crippen molar-refractivity contribution in [1.82, 2.24) is 5.32 Å². The Kier molecular flexibility index (Phi) is 5.62. The molecule has 0 aromatic heterocycles. The lowest BCUT2D eigenvalue weighted by Crippen LogP contribution is -2.37. The van der Waals surface area contributed by atoms with Crippen molar-refractivity contribution in [1.29, 1.82) is 0 Å². The molecule has 1 atom stereocenters. The van der Waals surface area contributed by atoms with E-state index in [0.717, 1.165) is 6.07 Å². The van der Waals surface area contributed by atoms with Gasteiger partial charge in [0.25, 0.3) is 0 Å². The van der Waals surface area contributed by atoms with Gasteiger partial charge >= 0.3 is 0 Å². The van der Waals surface area contributed by atoms with Gasteiger partial charge in [0, 0.05) is 31.3 Å². The predicted molar refractivity (Wildman–Crippen MR) is 63.7 cm³/mol. The molecule has 0 aliphatic carbocycles. The van der Waals surface area contributed by atoms with Crippen LogP contribution in [0.4, 0.5) is 13.2 Å². The monoisotopic (exact) mass is 261 g/mol. The maximum absolute atomic E-state index is 13.4. The van der Waals surface area contributed by atoms with E-state index in [1.165, 1.54) is 0 Å². The lowest BCUT2D eigenvalue weighted by Gasteiger charge is -2.21. The molecule has 0 radical (unpaired) electrons. The lowest BCUT2D eigenvalue weighted by atomic mass is 10.0. The summed E-state index contributed by atoms with van der Waals surface area (Å²) in [5, 5.41) is 3.07. The van der Waals surface area contributed by atoms with Gasteiger partial charge in [0.05, 0.1) is 6.61 Å². The van der Waals surface area contributed by atoms with Crippen LogP contribution in [0.5, 0.6) is 0 Å². The fourth-order valence-corrected chi connectivity index (χ4v) is 1.61. The first-order valence-electron chi connectivity index (χ1n) is 5.81. The van der Waals surface area contributed by atoms with Crippen LogP contribution in [0.1, 0.15) is 19.4 Å². The third-order valence-corrected chi connectivity index (χ3v) is 2.79. The van der Waals surface area contributed by atoms with E-state index in [1.54, 1.807) is 7.11 Å². The first-order valence-corrected chi connectivity index (χ1v) is 5.81. The van der Waals surface area contributed by atoms with Gasteiger partial charge in [0.2, 0.25) is 0 Å². The SMILES string of the molecule is COCC(NCc1cc(F)c(F)cc1F)C(C)C. The summed E-state index contributed by atoms with van der Waals surface area (Å²) in [6.07, 6.45) is 0. The van der Waals surface area contributed by atoms with Gasteiger partial charge in [-0.3, -0.25) is 0 Å². The zero-order valence-corrected chi connectivity index (χ0v) is 10.8. The third kappa shape index (κ3) is 3.99. The Balaban J connectivity index is 2.70. The highest BCUT2D eigenvalue weighted by Gasteiger charge is 2.15. The largest absolute Gasteiger partial charge is 0.383 e. The first kappa shape index (κ1) is 15.0. The molecular formula is C13H18F3NO. The minimum absolute atomic E-state index is 0.0301. The third-order valence-electron chi connectivity index (χ3n) is 2.79. The van der Waals surface area contributed by atoms with Crippen LogP contribution < -0.4 is 5.32 Å². The maximum Gasteiger partial charge on any atom is 0.161 e. The van der Waals surface area contributed by atoms with Crippen LogP contribution in [0.3, 0.4) is 0 Å². The van der Waals surface area contributed by atoms with Crippen LogP contribution in [0, 0.1) is 23.4 Å². The molecule has 1 N–H and O–H groups in total. The van der Waals surface area contributed by atoms with Crippen molar-refractivity contribution in [3.63, 3.8) is 0 Å². The zero-order chi connectivity index (χ0) is 13.7. The Morgan fingerprint density at radius 2 is 1.72 bits per heavy atom. The fourth-order valence-electron chi connectivity index (χ4n) is 1.61. The van der Waals surface area contributed by atoms with Crippen molar-refractivity contribution in [3.05, 3.63) is 35.1 Å². The van der Waals surface area contributed by atoms with Gasteiger partial charge in [-0.15, -0.1) is 0 Å². The van der Waals surface area contributed by atoms with Crippen LogP contribution in [0.2, 0.25) is 0 Å². The Morgan fingerprint density at radius 1 is 1.11 bits per heavy atom. The molecule has 1 rings (SSSR count). The smallest absolute Gasteiger partial charge is 0.161 e. The van der Waals surface area contributed by atoms with Gasteiger partial charge in [-0.2, -0.15) is 0 Å². The predicted octanol–water partition coefficient (Wildman–Crippen LogP) is 2.86. The Bertz CT molecular complexity index is 396. The number of hydrogen-bond acceptors (Lipinski definition) is 2. The summed E-state index contributed by atoms with van der Waals surface area (Å²) in [5.74, 6) is -2.67. The van der Waals surface area contributed by atoms with E-state index in [1.807, 2.05) is 13.8 Å². The molecule has 0 amide bonds. The fraction of sp³-hybridized carbons (Fsp3) is 0.538. The quantitative estimate of drug-likeness (QED) is 0.795. The summed E-state index contributed by atoms with van der Waals surface area (Å²) >= 11 is 0. The average Bonchev–Trinajstić information content (AvgIpc) is 2.30. The van der Waals surface area contributed by atoms with Crippen molar-refractivity contribution in [2.75, 3.05) is 13.7 Å². The number of nitrogens with one attached hydrogen (secondary N) is 1. The van der Waals surface area contributed by atoms with E-state index in [4.69, 9.17) is 4.74 Å². The molecule has 0 fully saturated rings. The molecule has 0 saturated heterocycles. The van der Waals surface area contributed by atoms with Gasteiger partial charge in [0.15, 0.2) is 11.6 Å². The van der Waals surface area contributed by atoms with Crippen molar-refractivity contribution >= 4 is 0 Å². The molecule has 18 heavy (non-hydrogen) atoms. The van der Waals surface area contributed by atoms with Crippen LogP contribution in [0.25, 0.3) is 0 Å². The molecule has 0 aliphatic heterocycles. The number of hydrogen-bond donors (Lipinski definition) is 1. The molecule has 1 unspecified atom stereocenters. The molecule has 0 aliphatic rings. The highest BCUT2D eigenvalue weighted by atomic mass is 19.2. The Morgan fingerprint density at radius 3 is 2.28 bits per heavy atom. The molecule has 0 spiro atoms. The molecule has 0 bridgehead atoms. The van der Waals surface area contributed by atoms with Gasteiger partial charge in [-0.1, -0.05) is 13.8 Å². The van der Waals surface area contributed by atoms with Crippen molar-refractivity contribution < 1.29 is 17.9 Å². The molecule has 1 aromatic carbocycles. The summed E-state index contributed by atoms with van der Waals surface area (Å²) in [6.45, 7) is 4.61. The number of halogens is 3. The molecule has 1 aromatic rings. The van der Waals surface area contributed by atoms with E-state index in [2.05, 4.69) is 5.32 Å². The number of rotatable bonds is 6. The summed E-state index contributed by atoms with van der Waals surface area (Å²) in [5.41, 5.74) is 0.107. The lowest BCUT2D eigenvalue weighted by molar-refractivity contribution is 0.146. The summed E-state index contributed by atoms with van der Waals surface area (Å²) in [7, 11) is 1.58. The Hall–Kier alpha value is -1.07. The van der Waals surface area contributed by atoms with Crippen LogP contribution >= 0.6 is 0 Å². The van der Waals surface area contributed by atoms with Crippen molar-refractivity contribution in [2.45, 2.75) is 26.4 Å². The van der Waals surface area contributed by atoms with E-state index >= 15 is 0 Å². The molecule has 2 nitrogen and oxygen atoms in total. The average molecular weight is 261 g/mol. The van der Waals surface area contributed by atoms with Crippen LogP contribution in [-0.4, -0.2) is 19.8 Å². The zero-order valence-electron chi connectivity index (χ0n) is 10.8. The molecule has 102 valence electrons.